The van der Waals surface area contributed by atoms with Crippen molar-refractivity contribution in [2.45, 2.75) is 31.2 Å². The van der Waals surface area contributed by atoms with E-state index < -0.39 is 23.9 Å². The van der Waals surface area contributed by atoms with Crippen molar-refractivity contribution in [3.8, 4) is 0 Å². The molecule has 0 bridgehead atoms. The van der Waals surface area contributed by atoms with Crippen molar-refractivity contribution in [3.05, 3.63) is 35.9 Å². The number of carbonyl (C=O) groups excluding carboxylic acids is 2. The summed E-state index contributed by atoms with van der Waals surface area (Å²) < 4.78 is 27.4. The summed E-state index contributed by atoms with van der Waals surface area (Å²) in [5.74, 6) is -3.80. The zero-order chi connectivity index (χ0) is 17.2. The minimum Gasteiger partial charge on any atom is -0.352 e. The van der Waals surface area contributed by atoms with Gasteiger partial charge in [0.25, 0.3) is 5.92 Å². The van der Waals surface area contributed by atoms with Crippen LogP contribution in [0.2, 0.25) is 0 Å². The van der Waals surface area contributed by atoms with Crippen molar-refractivity contribution >= 4 is 11.9 Å². The van der Waals surface area contributed by atoms with Crippen LogP contribution in [0.4, 0.5) is 13.6 Å². The lowest BCUT2D eigenvalue weighted by Gasteiger charge is -2.35. The molecule has 130 valence electrons. The van der Waals surface area contributed by atoms with E-state index in [2.05, 4.69) is 10.6 Å². The first-order chi connectivity index (χ1) is 11.5. The van der Waals surface area contributed by atoms with E-state index in [9.17, 15) is 18.4 Å². The molecule has 1 aromatic rings. The summed E-state index contributed by atoms with van der Waals surface area (Å²) in [7, 11) is 0. The first kappa shape index (κ1) is 16.7. The maximum absolute atomic E-state index is 13.7. The molecule has 2 fully saturated rings. The maximum atomic E-state index is 13.7. The highest BCUT2D eigenvalue weighted by Crippen LogP contribution is 2.39. The van der Waals surface area contributed by atoms with Gasteiger partial charge in [-0.25, -0.2) is 13.6 Å². The van der Waals surface area contributed by atoms with E-state index in [0.717, 1.165) is 0 Å². The van der Waals surface area contributed by atoms with E-state index in [4.69, 9.17) is 0 Å². The number of alkyl halides is 2. The van der Waals surface area contributed by atoms with Gasteiger partial charge in [0.1, 0.15) is 6.04 Å². The largest absolute Gasteiger partial charge is 0.352 e. The number of carbonyl (C=O) groups is 2. The number of hydrogen-bond donors (Lipinski definition) is 2. The Morgan fingerprint density at radius 2 is 2.08 bits per heavy atom. The molecule has 2 N–H and O–H groups in total. The van der Waals surface area contributed by atoms with E-state index >= 15 is 0 Å². The van der Waals surface area contributed by atoms with E-state index in [-0.39, 0.29) is 18.9 Å². The Labute approximate surface area is 139 Å². The molecule has 2 atom stereocenters. The molecule has 1 aliphatic carbocycles. The number of urea groups is 1. The van der Waals surface area contributed by atoms with Crippen LogP contribution in [0.3, 0.4) is 0 Å². The summed E-state index contributed by atoms with van der Waals surface area (Å²) in [4.78, 5) is 26.1. The third kappa shape index (κ3) is 3.34. The average molecular weight is 337 g/mol. The lowest BCUT2D eigenvalue weighted by molar-refractivity contribution is -0.127. The molecule has 1 saturated heterocycles. The minimum absolute atomic E-state index is 0.0640. The second-order valence-electron chi connectivity index (χ2n) is 6.33. The molecule has 3 amide bonds. The highest BCUT2D eigenvalue weighted by Gasteiger charge is 2.44. The van der Waals surface area contributed by atoms with Gasteiger partial charge in [-0.05, 0) is 18.4 Å². The Balaban J connectivity index is 1.69. The number of nitrogens with one attached hydrogen (secondary N) is 2. The highest BCUT2D eigenvalue weighted by atomic mass is 19.3. The lowest BCUT2D eigenvalue weighted by Crippen LogP contribution is -2.55. The number of hydrogen-bond acceptors (Lipinski definition) is 2. The van der Waals surface area contributed by atoms with Gasteiger partial charge in [0.15, 0.2) is 0 Å². The molecule has 24 heavy (non-hydrogen) atoms. The average Bonchev–Trinajstić information content (AvgIpc) is 2.91. The van der Waals surface area contributed by atoms with Gasteiger partial charge in [-0.3, -0.25) is 4.79 Å². The van der Waals surface area contributed by atoms with Gasteiger partial charge in [0.2, 0.25) is 5.91 Å². The quantitative estimate of drug-likeness (QED) is 0.889. The normalized spacial score (nSPS) is 26.1. The fourth-order valence-corrected chi connectivity index (χ4v) is 3.42. The van der Waals surface area contributed by atoms with Gasteiger partial charge < -0.3 is 15.5 Å². The smallest absolute Gasteiger partial charge is 0.318 e. The molecule has 0 radical (unpaired) electrons. The lowest BCUT2D eigenvalue weighted by atomic mass is 10.0. The third-order valence-corrected chi connectivity index (χ3v) is 4.75. The molecule has 5 nitrogen and oxygen atoms in total. The molecule has 1 heterocycles. The van der Waals surface area contributed by atoms with Gasteiger partial charge in [-0.2, -0.15) is 0 Å². The number of amides is 3. The van der Waals surface area contributed by atoms with Crippen LogP contribution < -0.4 is 10.6 Å². The van der Waals surface area contributed by atoms with Gasteiger partial charge in [0, 0.05) is 32.0 Å². The van der Waals surface area contributed by atoms with Crippen molar-refractivity contribution < 1.29 is 18.4 Å². The number of halogens is 2. The van der Waals surface area contributed by atoms with Crippen LogP contribution in [0.5, 0.6) is 0 Å². The van der Waals surface area contributed by atoms with E-state index in [0.29, 0.717) is 31.5 Å². The maximum Gasteiger partial charge on any atom is 0.318 e. The summed E-state index contributed by atoms with van der Waals surface area (Å²) in [6.45, 7) is 0.638. The first-order valence-corrected chi connectivity index (χ1v) is 8.24. The van der Waals surface area contributed by atoms with Crippen LogP contribution >= 0.6 is 0 Å². The van der Waals surface area contributed by atoms with Gasteiger partial charge in [-0.15, -0.1) is 0 Å². The topological polar surface area (TPSA) is 61.4 Å². The summed E-state index contributed by atoms with van der Waals surface area (Å²) in [5, 5.41) is 5.34. The molecule has 2 unspecified atom stereocenters. The van der Waals surface area contributed by atoms with Crippen molar-refractivity contribution in [3.63, 3.8) is 0 Å². The van der Waals surface area contributed by atoms with E-state index in [1.165, 1.54) is 4.90 Å². The first-order valence-electron chi connectivity index (χ1n) is 8.24. The number of benzene rings is 1. The summed E-state index contributed by atoms with van der Waals surface area (Å²) in [6.07, 6.45) is 0.772. The van der Waals surface area contributed by atoms with Crippen molar-refractivity contribution in [2.75, 3.05) is 19.6 Å². The van der Waals surface area contributed by atoms with Crippen LogP contribution in [0.1, 0.15) is 30.9 Å². The Bertz CT molecular complexity index is 609. The predicted molar refractivity (Wildman–Crippen MR) is 84.6 cm³/mol. The van der Waals surface area contributed by atoms with Gasteiger partial charge >= 0.3 is 6.03 Å². The summed E-state index contributed by atoms with van der Waals surface area (Å²) >= 11 is 0. The molecule has 2 aliphatic rings. The molecule has 7 heteroatoms. The number of nitrogens with zero attached hydrogens (tertiary/aromatic N) is 1. The Kier molecular flexibility index (Phi) is 4.69. The molecule has 0 aromatic heterocycles. The summed E-state index contributed by atoms with van der Waals surface area (Å²) in [6, 6.07) is 7.78. The molecule has 1 aliphatic heterocycles. The van der Waals surface area contributed by atoms with E-state index in [1.807, 2.05) is 6.07 Å². The van der Waals surface area contributed by atoms with Crippen LogP contribution in [0, 0.1) is 5.92 Å². The molecular formula is C17H21F2N3O2. The highest BCUT2D eigenvalue weighted by molar-refractivity contribution is 5.89. The van der Waals surface area contributed by atoms with Gasteiger partial charge in [0.05, 0.1) is 0 Å². The second-order valence-corrected chi connectivity index (χ2v) is 6.33. The van der Waals surface area contributed by atoms with Crippen molar-refractivity contribution in [1.82, 2.24) is 15.5 Å². The number of piperazine rings is 1. The van der Waals surface area contributed by atoms with Crippen LogP contribution in [-0.4, -0.2) is 42.4 Å². The molecule has 1 saturated carbocycles. The second kappa shape index (κ2) is 6.75. The Hall–Kier alpha value is -2.18. The van der Waals surface area contributed by atoms with Crippen molar-refractivity contribution in [2.24, 2.45) is 5.92 Å². The third-order valence-electron chi connectivity index (χ3n) is 4.75. The Morgan fingerprint density at radius 3 is 2.75 bits per heavy atom. The Morgan fingerprint density at radius 1 is 1.33 bits per heavy atom. The molecular weight excluding hydrogens is 316 g/mol. The SMILES string of the molecule is O=C1NCCN(C(=O)NCC2CCCC2(F)F)C1c1ccccc1. The standard InChI is InChI=1S/C17H21F2N3O2/c18-17(19)8-4-7-13(17)11-21-16(24)22-10-9-20-15(23)14(22)12-5-2-1-3-6-12/h1-3,5-6,13-14H,4,7-11H2,(H,20,23)(H,21,24). The summed E-state index contributed by atoms with van der Waals surface area (Å²) in [5.41, 5.74) is 0.705. The fourth-order valence-electron chi connectivity index (χ4n) is 3.42. The molecule has 3 rings (SSSR count). The molecule has 0 spiro atoms. The zero-order valence-electron chi connectivity index (χ0n) is 13.3. The monoisotopic (exact) mass is 337 g/mol. The predicted octanol–water partition coefficient (Wildman–Crippen LogP) is 2.30. The van der Waals surface area contributed by atoms with Crippen LogP contribution in [0.15, 0.2) is 30.3 Å². The van der Waals surface area contributed by atoms with E-state index in [1.54, 1.807) is 24.3 Å². The minimum atomic E-state index is -2.72. The molecule has 1 aromatic carbocycles. The van der Waals surface area contributed by atoms with Gasteiger partial charge in [-0.1, -0.05) is 30.3 Å². The number of rotatable bonds is 3. The van der Waals surface area contributed by atoms with Crippen molar-refractivity contribution in [1.29, 1.82) is 0 Å². The zero-order valence-corrected chi connectivity index (χ0v) is 13.3. The van der Waals surface area contributed by atoms with Crippen LogP contribution in [-0.2, 0) is 4.79 Å². The fraction of sp³-hybridized carbons (Fsp3) is 0.529. The van der Waals surface area contributed by atoms with Crippen LogP contribution in [0.25, 0.3) is 0 Å².